The van der Waals surface area contributed by atoms with Crippen molar-refractivity contribution in [3.05, 3.63) is 22.6 Å². The van der Waals surface area contributed by atoms with Crippen LogP contribution in [0.3, 0.4) is 0 Å². The third-order valence-corrected chi connectivity index (χ3v) is 2.08. The fourth-order valence-corrected chi connectivity index (χ4v) is 1.30. The van der Waals surface area contributed by atoms with Gasteiger partial charge in [0.25, 0.3) is 0 Å². The molecule has 0 rings (SSSR count). The Labute approximate surface area is 89.5 Å². The molecule has 13 heavy (non-hydrogen) atoms. The van der Waals surface area contributed by atoms with Crippen molar-refractivity contribution in [2.45, 2.75) is 48.0 Å². The lowest BCUT2D eigenvalue weighted by atomic mass is 9.96. The SMILES string of the molecule is CC.CC/C=C(\C(C)=C/S)C(C)C. The molecule has 0 saturated heterocycles. The quantitative estimate of drug-likeness (QED) is 0.489. The molecule has 0 N–H and O–H groups in total. The molecule has 0 unspecified atom stereocenters. The van der Waals surface area contributed by atoms with Crippen LogP contribution >= 0.6 is 12.6 Å². The molecule has 0 saturated carbocycles. The Hall–Kier alpha value is -0.170. The second-order valence-electron chi connectivity index (χ2n) is 3.03. The van der Waals surface area contributed by atoms with Gasteiger partial charge in [0.05, 0.1) is 0 Å². The van der Waals surface area contributed by atoms with Gasteiger partial charge >= 0.3 is 0 Å². The van der Waals surface area contributed by atoms with Crippen LogP contribution in [0.25, 0.3) is 0 Å². The molecule has 0 spiro atoms. The average Bonchev–Trinajstić information content (AvgIpc) is 2.15. The highest BCUT2D eigenvalue weighted by molar-refractivity contribution is 7.83. The van der Waals surface area contributed by atoms with Gasteiger partial charge in [0, 0.05) is 0 Å². The number of rotatable bonds is 3. The van der Waals surface area contributed by atoms with E-state index in [4.69, 9.17) is 0 Å². The third kappa shape index (κ3) is 6.94. The van der Waals surface area contributed by atoms with E-state index in [1.54, 1.807) is 0 Å². The molecular formula is C12H24S. The molecule has 0 nitrogen and oxygen atoms in total. The van der Waals surface area contributed by atoms with Gasteiger partial charge in [0.15, 0.2) is 0 Å². The molecule has 0 fully saturated rings. The highest BCUT2D eigenvalue weighted by Gasteiger charge is 2.02. The Morgan fingerprint density at radius 2 is 1.77 bits per heavy atom. The van der Waals surface area contributed by atoms with Crippen LogP contribution in [-0.4, -0.2) is 0 Å². The Morgan fingerprint density at radius 3 is 2.00 bits per heavy atom. The summed E-state index contributed by atoms with van der Waals surface area (Å²) in [6, 6.07) is 0. The molecule has 0 bridgehead atoms. The number of hydrogen-bond donors (Lipinski definition) is 1. The summed E-state index contributed by atoms with van der Waals surface area (Å²) in [5.74, 6) is 0.610. The van der Waals surface area contributed by atoms with Gasteiger partial charge in [0.1, 0.15) is 0 Å². The van der Waals surface area contributed by atoms with Crippen molar-refractivity contribution in [2.24, 2.45) is 5.92 Å². The molecule has 0 aliphatic heterocycles. The van der Waals surface area contributed by atoms with E-state index < -0.39 is 0 Å². The van der Waals surface area contributed by atoms with Crippen LogP contribution in [0.15, 0.2) is 22.6 Å². The smallest absolute Gasteiger partial charge is 0.0219 e. The first-order valence-corrected chi connectivity index (χ1v) is 5.66. The molecule has 0 amide bonds. The lowest BCUT2D eigenvalue weighted by Crippen LogP contribution is -1.94. The van der Waals surface area contributed by atoms with Crippen molar-refractivity contribution in [3.8, 4) is 0 Å². The fourth-order valence-electron chi connectivity index (χ4n) is 1.15. The van der Waals surface area contributed by atoms with E-state index in [0.717, 1.165) is 6.42 Å². The summed E-state index contributed by atoms with van der Waals surface area (Å²) in [5.41, 5.74) is 2.70. The first-order valence-electron chi connectivity index (χ1n) is 5.14. The molecule has 0 aromatic rings. The van der Waals surface area contributed by atoms with Gasteiger partial charge in [-0.25, -0.2) is 0 Å². The van der Waals surface area contributed by atoms with Crippen LogP contribution in [0.1, 0.15) is 48.0 Å². The maximum Gasteiger partial charge on any atom is -0.0219 e. The summed E-state index contributed by atoms with van der Waals surface area (Å²) in [5, 5.41) is 1.88. The summed E-state index contributed by atoms with van der Waals surface area (Å²) in [4.78, 5) is 0. The van der Waals surface area contributed by atoms with E-state index in [1.165, 1.54) is 11.1 Å². The Morgan fingerprint density at radius 1 is 1.31 bits per heavy atom. The normalized spacial score (nSPS) is 12.6. The summed E-state index contributed by atoms with van der Waals surface area (Å²) in [6.07, 6.45) is 3.37. The highest BCUT2D eigenvalue weighted by Crippen LogP contribution is 2.19. The fraction of sp³-hybridized carbons (Fsp3) is 0.667. The molecule has 0 heterocycles. The van der Waals surface area contributed by atoms with E-state index in [2.05, 4.69) is 46.4 Å². The predicted octanol–water partition coefficient (Wildman–Crippen LogP) is 4.84. The lowest BCUT2D eigenvalue weighted by molar-refractivity contribution is 0.772. The van der Waals surface area contributed by atoms with Crippen LogP contribution in [0.2, 0.25) is 0 Å². The predicted molar refractivity (Wildman–Crippen MR) is 67.3 cm³/mol. The first kappa shape index (κ1) is 15.3. The van der Waals surface area contributed by atoms with Crippen molar-refractivity contribution in [1.82, 2.24) is 0 Å². The van der Waals surface area contributed by atoms with Gasteiger partial charge in [-0.2, -0.15) is 12.6 Å². The van der Waals surface area contributed by atoms with E-state index in [0.29, 0.717) is 5.92 Å². The maximum absolute atomic E-state index is 4.14. The monoisotopic (exact) mass is 200 g/mol. The molecule has 0 aliphatic carbocycles. The van der Waals surface area contributed by atoms with Crippen molar-refractivity contribution < 1.29 is 0 Å². The molecule has 0 aliphatic rings. The molecule has 0 radical (unpaired) electrons. The van der Waals surface area contributed by atoms with Gasteiger partial charge in [-0.3, -0.25) is 0 Å². The summed E-state index contributed by atoms with van der Waals surface area (Å²) in [6.45, 7) is 12.7. The number of hydrogen-bond acceptors (Lipinski definition) is 1. The van der Waals surface area contributed by atoms with Crippen molar-refractivity contribution in [3.63, 3.8) is 0 Å². The van der Waals surface area contributed by atoms with Crippen LogP contribution in [0.5, 0.6) is 0 Å². The van der Waals surface area contributed by atoms with Crippen LogP contribution in [-0.2, 0) is 0 Å². The van der Waals surface area contributed by atoms with Crippen molar-refractivity contribution in [1.29, 1.82) is 0 Å². The molecule has 78 valence electrons. The zero-order chi connectivity index (χ0) is 10.9. The van der Waals surface area contributed by atoms with Gasteiger partial charge < -0.3 is 0 Å². The molecule has 1 heteroatoms. The summed E-state index contributed by atoms with van der Waals surface area (Å²) in [7, 11) is 0. The number of allylic oxidation sites excluding steroid dienone is 3. The van der Waals surface area contributed by atoms with Crippen LogP contribution in [0, 0.1) is 5.92 Å². The zero-order valence-corrected chi connectivity index (χ0v) is 10.8. The van der Waals surface area contributed by atoms with E-state index >= 15 is 0 Å². The molecule has 0 atom stereocenters. The standard InChI is InChI=1S/C10H18S.C2H6/c1-5-6-10(8(2)3)9(4)7-11;1-2/h6-8,11H,5H2,1-4H3;1-2H3/b9-7-,10-6-;. The van der Waals surface area contributed by atoms with E-state index in [1.807, 2.05) is 19.3 Å². The Bertz CT molecular complexity index is 164. The summed E-state index contributed by atoms with van der Waals surface area (Å²) >= 11 is 4.14. The van der Waals surface area contributed by atoms with Crippen molar-refractivity contribution >= 4 is 12.6 Å². The largest absolute Gasteiger partial charge is 0.151 e. The third-order valence-electron chi connectivity index (χ3n) is 1.70. The lowest BCUT2D eigenvalue weighted by Gasteiger charge is -2.10. The minimum atomic E-state index is 0.610. The second-order valence-corrected chi connectivity index (χ2v) is 3.29. The highest BCUT2D eigenvalue weighted by atomic mass is 32.1. The molecule has 0 aromatic carbocycles. The number of thiol groups is 1. The van der Waals surface area contributed by atoms with Gasteiger partial charge in [-0.05, 0) is 35.8 Å². The molecule has 0 aromatic heterocycles. The average molecular weight is 200 g/mol. The zero-order valence-electron chi connectivity index (χ0n) is 9.89. The van der Waals surface area contributed by atoms with E-state index in [-0.39, 0.29) is 0 Å². The van der Waals surface area contributed by atoms with Crippen LogP contribution < -0.4 is 0 Å². The minimum absolute atomic E-state index is 0.610. The van der Waals surface area contributed by atoms with Gasteiger partial charge in [0.2, 0.25) is 0 Å². The Balaban J connectivity index is 0. The van der Waals surface area contributed by atoms with Crippen LogP contribution in [0.4, 0.5) is 0 Å². The first-order chi connectivity index (χ1) is 6.13. The van der Waals surface area contributed by atoms with Crippen molar-refractivity contribution in [2.75, 3.05) is 0 Å². The summed E-state index contributed by atoms with van der Waals surface area (Å²) < 4.78 is 0. The van der Waals surface area contributed by atoms with E-state index in [9.17, 15) is 0 Å². The minimum Gasteiger partial charge on any atom is -0.151 e. The topological polar surface area (TPSA) is 0 Å². The maximum atomic E-state index is 4.14. The second kappa shape index (κ2) is 9.91. The Kier molecular flexibility index (Phi) is 11.7. The van der Waals surface area contributed by atoms with Gasteiger partial charge in [-0.15, -0.1) is 0 Å². The van der Waals surface area contributed by atoms with Gasteiger partial charge in [-0.1, -0.05) is 40.7 Å². The molecular weight excluding hydrogens is 176 g/mol.